The molecule has 0 radical (unpaired) electrons. The first-order valence-corrected chi connectivity index (χ1v) is 8.21. The van der Waals surface area contributed by atoms with Crippen LogP contribution >= 0.6 is 11.8 Å². The molecular formula is C15H22N2O3S. The molecule has 0 saturated carbocycles. The highest BCUT2D eigenvalue weighted by atomic mass is 32.2. The molecule has 1 rings (SSSR count). The van der Waals surface area contributed by atoms with Crippen LogP contribution in [-0.4, -0.2) is 23.1 Å². The predicted molar refractivity (Wildman–Crippen MR) is 85.9 cm³/mol. The number of rotatable bonds is 7. The summed E-state index contributed by atoms with van der Waals surface area (Å²) in [5.41, 5.74) is -0.0235. The minimum atomic E-state index is -0.516. The Morgan fingerprint density at radius 2 is 2.00 bits per heavy atom. The lowest BCUT2D eigenvalue weighted by Crippen LogP contribution is -2.33. The number of carbonyl (C=O) groups is 1. The van der Waals surface area contributed by atoms with Gasteiger partial charge >= 0.3 is 0 Å². The lowest BCUT2D eigenvalue weighted by atomic mass is 10.0. The monoisotopic (exact) mass is 310 g/mol. The summed E-state index contributed by atoms with van der Waals surface area (Å²) in [5, 5.41) is 13.9. The molecule has 0 fully saturated rings. The first-order chi connectivity index (χ1) is 9.85. The number of carbonyl (C=O) groups excluding carboxylic acids is 1. The molecule has 0 heterocycles. The summed E-state index contributed by atoms with van der Waals surface area (Å²) in [5.74, 6) is 0.187. The molecule has 116 valence electrons. The molecule has 0 bridgehead atoms. The summed E-state index contributed by atoms with van der Waals surface area (Å²) in [6.45, 7) is 6.17. The molecule has 5 nitrogen and oxygen atoms in total. The van der Waals surface area contributed by atoms with Crippen LogP contribution in [0.25, 0.3) is 0 Å². The number of amides is 1. The Morgan fingerprint density at radius 3 is 2.52 bits per heavy atom. The van der Waals surface area contributed by atoms with Crippen molar-refractivity contribution in [3.63, 3.8) is 0 Å². The highest BCUT2D eigenvalue weighted by Gasteiger charge is 2.21. The summed E-state index contributed by atoms with van der Waals surface area (Å²) >= 11 is 1.45. The largest absolute Gasteiger partial charge is 0.349 e. The fraction of sp³-hybridized carbons (Fsp3) is 0.533. The third-order valence-corrected chi connectivity index (χ3v) is 3.92. The molecule has 1 aromatic rings. The van der Waals surface area contributed by atoms with Gasteiger partial charge in [-0.15, -0.1) is 11.8 Å². The Labute approximate surface area is 129 Å². The molecule has 0 aromatic heterocycles. The van der Waals surface area contributed by atoms with Crippen LogP contribution in [0.2, 0.25) is 0 Å². The Bertz CT molecular complexity index is 518. The topological polar surface area (TPSA) is 72.2 Å². The normalized spacial score (nSPS) is 12.2. The van der Waals surface area contributed by atoms with Crippen molar-refractivity contribution in [3.05, 3.63) is 33.9 Å². The lowest BCUT2D eigenvalue weighted by molar-refractivity contribution is -0.385. The van der Waals surface area contributed by atoms with Crippen molar-refractivity contribution in [2.45, 2.75) is 44.6 Å². The third-order valence-electron chi connectivity index (χ3n) is 3.20. The van der Waals surface area contributed by atoms with Crippen LogP contribution in [0.15, 0.2) is 23.1 Å². The Kier molecular flexibility index (Phi) is 6.68. The summed E-state index contributed by atoms with van der Waals surface area (Å²) in [7, 11) is 0. The number of benzene rings is 1. The van der Waals surface area contributed by atoms with Gasteiger partial charge in [0.15, 0.2) is 0 Å². The minimum Gasteiger partial charge on any atom is -0.349 e. The Morgan fingerprint density at radius 1 is 1.33 bits per heavy atom. The number of hydrogen-bond donors (Lipinski definition) is 1. The molecule has 21 heavy (non-hydrogen) atoms. The molecule has 0 aliphatic heterocycles. The zero-order valence-electron chi connectivity index (χ0n) is 12.9. The molecule has 0 aliphatic carbocycles. The van der Waals surface area contributed by atoms with Crippen molar-refractivity contribution in [3.8, 4) is 0 Å². The zero-order chi connectivity index (χ0) is 16.0. The van der Waals surface area contributed by atoms with E-state index >= 15 is 0 Å². The SMILES string of the molecule is CSc1ccc([N+](=O)[O-])c(C(=O)NC(C)CCC(C)C)c1. The van der Waals surface area contributed by atoms with E-state index < -0.39 is 4.92 Å². The van der Waals surface area contributed by atoms with Crippen LogP contribution in [0, 0.1) is 16.0 Å². The standard InChI is InChI=1S/C15H22N2O3S/c1-10(2)5-6-11(3)16-15(18)13-9-12(21-4)7-8-14(13)17(19)20/h7-11H,5-6H2,1-4H3,(H,16,18). The van der Waals surface area contributed by atoms with E-state index in [-0.39, 0.29) is 23.2 Å². The first kappa shape index (κ1) is 17.5. The summed E-state index contributed by atoms with van der Waals surface area (Å²) in [6.07, 6.45) is 3.74. The zero-order valence-corrected chi connectivity index (χ0v) is 13.7. The quantitative estimate of drug-likeness (QED) is 0.471. The highest BCUT2D eigenvalue weighted by Crippen LogP contribution is 2.25. The van der Waals surface area contributed by atoms with Gasteiger partial charge in [0.25, 0.3) is 11.6 Å². The second kappa shape index (κ2) is 8.02. The van der Waals surface area contributed by atoms with Gasteiger partial charge in [-0.3, -0.25) is 14.9 Å². The average molecular weight is 310 g/mol. The fourth-order valence-electron chi connectivity index (χ4n) is 1.94. The van der Waals surface area contributed by atoms with Crippen molar-refractivity contribution in [2.75, 3.05) is 6.26 Å². The third kappa shape index (κ3) is 5.38. The van der Waals surface area contributed by atoms with Gasteiger partial charge in [0.05, 0.1) is 4.92 Å². The molecule has 0 aliphatic rings. The number of thioether (sulfide) groups is 1. The number of nitrogens with one attached hydrogen (secondary N) is 1. The minimum absolute atomic E-state index is 0.00237. The van der Waals surface area contributed by atoms with Gasteiger partial charge < -0.3 is 5.32 Å². The van der Waals surface area contributed by atoms with Crippen molar-refractivity contribution >= 4 is 23.4 Å². The van der Waals surface area contributed by atoms with Gasteiger partial charge in [0.2, 0.25) is 0 Å². The van der Waals surface area contributed by atoms with Crippen molar-refractivity contribution in [2.24, 2.45) is 5.92 Å². The predicted octanol–water partition coefficient (Wildman–Crippen LogP) is 3.87. The first-order valence-electron chi connectivity index (χ1n) is 6.98. The molecule has 1 amide bonds. The van der Waals surface area contributed by atoms with Crippen LogP contribution in [0.4, 0.5) is 5.69 Å². The fourth-order valence-corrected chi connectivity index (χ4v) is 2.38. The molecule has 6 heteroatoms. The van der Waals surface area contributed by atoms with E-state index in [1.54, 1.807) is 12.1 Å². The van der Waals surface area contributed by atoms with E-state index in [0.717, 1.165) is 17.7 Å². The van der Waals surface area contributed by atoms with Crippen LogP contribution < -0.4 is 5.32 Å². The molecular weight excluding hydrogens is 288 g/mol. The van der Waals surface area contributed by atoms with Crippen molar-refractivity contribution in [1.29, 1.82) is 0 Å². The number of nitro benzene ring substituents is 1. The van der Waals surface area contributed by atoms with Crippen molar-refractivity contribution in [1.82, 2.24) is 5.32 Å². The van der Waals surface area contributed by atoms with Gasteiger partial charge in [-0.1, -0.05) is 13.8 Å². The second-order valence-corrected chi connectivity index (χ2v) is 6.37. The summed E-state index contributed by atoms with van der Waals surface area (Å²) < 4.78 is 0. The smallest absolute Gasteiger partial charge is 0.282 e. The maximum atomic E-state index is 12.3. The second-order valence-electron chi connectivity index (χ2n) is 5.49. The van der Waals surface area contributed by atoms with Gasteiger partial charge in [0.1, 0.15) is 5.56 Å². The van der Waals surface area contributed by atoms with E-state index in [4.69, 9.17) is 0 Å². The summed E-state index contributed by atoms with van der Waals surface area (Å²) in [6, 6.07) is 4.62. The van der Waals surface area contributed by atoms with E-state index in [1.165, 1.54) is 17.8 Å². The van der Waals surface area contributed by atoms with Gasteiger partial charge in [-0.2, -0.15) is 0 Å². The maximum Gasteiger partial charge on any atom is 0.282 e. The van der Waals surface area contributed by atoms with Crippen LogP contribution in [0.5, 0.6) is 0 Å². The molecule has 1 N–H and O–H groups in total. The average Bonchev–Trinajstić information content (AvgIpc) is 2.44. The highest BCUT2D eigenvalue weighted by molar-refractivity contribution is 7.98. The van der Waals surface area contributed by atoms with Crippen molar-refractivity contribution < 1.29 is 9.72 Å². The van der Waals surface area contributed by atoms with Crippen LogP contribution in [0.3, 0.4) is 0 Å². The molecule has 0 saturated heterocycles. The van der Waals surface area contributed by atoms with Gasteiger partial charge in [-0.25, -0.2) is 0 Å². The molecule has 1 unspecified atom stereocenters. The van der Waals surface area contributed by atoms with E-state index in [0.29, 0.717) is 5.92 Å². The Balaban J connectivity index is 2.87. The maximum absolute atomic E-state index is 12.3. The van der Waals surface area contributed by atoms with E-state index in [1.807, 2.05) is 13.2 Å². The Hall–Kier alpha value is -1.56. The van der Waals surface area contributed by atoms with E-state index in [9.17, 15) is 14.9 Å². The number of nitrogens with zero attached hydrogens (tertiary/aromatic N) is 1. The lowest BCUT2D eigenvalue weighted by Gasteiger charge is -2.15. The molecule has 1 aromatic carbocycles. The van der Waals surface area contributed by atoms with Gasteiger partial charge in [-0.05, 0) is 44.1 Å². The number of hydrogen-bond acceptors (Lipinski definition) is 4. The molecule has 0 spiro atoms. The van der Waals surface area contributed by atoms with E-state index in [2.05, 4.69) is 19.2 Å². The van der Waals surface area contributed by atoms with Crippen LogP contribution in [0.1, 0.15) is 44.0 Å². The van der Waals surface area contributed by atoms with Gasteiger partial charge in [0, 0.05) is 17.0 Å². The molecule has 1 atom stereocenters. The summed E-state index contributed by atoms with van der Waals surface area (Å²) in [4.78, 5) is 23.6. The van der Waals surface area contributed by atoms with Crippen LogP contribution in [-0.2, 0) is 0 Å². The number of nitro groups is 1.